The van der Waals surface area contributed by atoms with E-state index in [4.69, 9.17) is 16.3 Å². The lowest BCUT2D eigenvalue weighted by Gasteiger charge is -2.19. The van der Waals surface area contributed by atoms with Gasteiger partial charge in [-0.1, -0.05) is 17.7 Å². The molecule has 0 radical (unpaired) electrons. The first-order valence-electron chi connectivity index (χ1n) is 5.41. The van der Waals surface area contributed by atoms with Gasteiger partial charge < -0.3 is 9.64 Å². The lowest BCUT2D eigenvalue weighted by molar-refractivity contribution is -0.117. The number of hydrogen-bond donors (Lipinski definition) is 1. The molecule has 0 spiro atoms. The van der Waals surface area contributed by atoms with Crippen LogP contribution in [0.1, 0.15) is 6.42 Å². The van der Waals surface area contributed by atoms with Gasteiger partial charge in [0.2, 0.25) is 5.91 Å². The normalized spacial score (nSPS) is 19.8. The van der Waals surface area contributed by atoms with Crippen molar-refractivity contribution in [2.45, 2.75) is 6.42 Å². The average Bonchev–Trinajstić information content (AvgIpc) is 2.71. The van der Waals surface area contributed by atoms with E-state index >= 15 is 0 Å². The predicted molar refractivity (Wildman–Crippen MR) is 72.3 cm³/mol. The number of carbonyl (C=O) groups is 1. The van der Waals surface area contributed by atoms with Gasteiger partial charge in [-0.25, -0.2) is 0 Å². The van der Waals surface area contributed by atoms with Gasteiger partial charge in [0.05, 0.1) is 12.8 Å². The SMILES string of the molecule is COc1cccc(N2CC(CS)CC2=O)c1Cl. The zero-order chi connectivity index (χ0) is 12.4. The number of hydrogen-bond acceptors (Lipinski definition) is 3. The van der Waals surface area contributed by atoms with E-state index in [1.807, 2.05) is 12.1 Å². The maximum absolute atomic E-state index is 11.9. The van der Waals surface area contributed by atoms with Crippen LogP contribution in [0.3, 0.4) is 0 Å². The number of rotatable bonds is 3. The summed E-state index contributed by atoms with van der Waals surface area (Å²) in [6.45, 7) is 0.676. The summed E-state index contributed by atoms with van der Waals surface area (Å²) in [5.41, 5.74) is 0.723. The summed E-state index contributed by atoms with van der Waals surface area (Å²) in [5.74, 6) is 1.70. The summed E-state index contributed by atoms with van der Waals surface area (Å²) >= 11 is 10.4. The van der Waals surface area contributed by atoms with Crippen molar-refractivity contribution in [3.05, 3.63) is 23.2 Å². The molecule has 17 heavy (non-hydrogen) atoms. The molecule has 3 nitrogen and oxygen atoms in total. The number of halogens is 1. The Morgan fingerprint density at radius 3 is 2.94 bits per heavy atom. The van der Waals surface area contributed by atoms with Gasteiger partial charge in [0.15, 0.2) is 0 Å². The molecule has 0 N–H and O–H groups in total. The van der Waals surface area contributed by atoms with E-state index in [9.17, 15) is 4.79 Å². The lowest BCUT2D eigenvalue weighted by Crippen LogP contribution is -2.25. The van der Waals surface area contributed by atoms with Crippen LogP contribution in [-0.2, 0) is 4.79 Å². The first-order chi connectivity index (χ1) is 8.17. The quantitative estimate of drug-likeness (QED) is 0.857. The van der Waals surface area contributed by atoms with Gasteiger partial charge in [-0.15, -0.1) is 0 Å². The summed E-state index contributed by atoms with van der Waals surface area (Å²) in [6, 6.07) is 5.45. The van der Waals surface area contributed by atoms with Crippen molar-refractivity contribution in [3.8, 4) is 5.75 Å². The summed E-state index contributed by atoms with van der Waals surface area (Å²) in [5, 5.41) is 0.489. The van der Waals surface area contributed by atoms with Gasteiger partial charge in [-0.3, -0.25) is 4.79 Å². The van der Waals surface area contributed by atoms with Crippen LogP contribution in [0.5, 0.6) is 5.75 Å². The molecule has 1 unspecified atom stereocenters. The first kappa shape index (κ1) is 12.6. The molecule has 1 aliphatic heterocycles. The second-order valence-corrected chi connectivity index (χ2v) is 4.79. The van der Waals surface area contributed by atoms with E-state index in [-0.39, 0.29) is 5.91 Å². The van der Waals surface area contributed by atoms with Gasteiger partial charge in [-0.05, 0) is 23.8 Å². The Kier molecular flexibility index (Phi) is 3.84. The number of benzene rings is 1. The van der Waals surface area contributed by atoms with Gasteiger partial charge in [0.1, 0.15) is 10.8 Å². The molecular formula is C12H14ClNO2S. The summed E-state index contributed by atoms with van der Waals surface area (Å²) in [6.07, 6.45) is 0.539. The van der Waals surface area contributed by atoms with Crippen LogP contribution in [0.15, 0.2) is 18.2 Å². The molecule has 5 heteroatoms. The maximum Gasteiger partial charge on any atom is 0.227 e. The number of carbonyl (C=O) groups excluding carboxylic acids is 1. The zero-order valence-corrected chi connectivity index (χ0v) is 11.2. The maximum atomic E-state index is 11.9. The molecular weight excluding hydrogens is 258 g/mol. The Morgan fingerprint density at radius 2 is 2.35 bits per heavy atom. The van der Waals surface area contributed by atoms with Gasteiger partial charge in [0.25, 0.3) is 0 Å². The third-order valence-corrected chi connectivity index (χ3v) is 3.81. The van der Waals surface area contributed by atoms with Crippen molar-refractivity contribution >= 4 is 35.8 Å². The largest absolute Gasteiger partial charge is 0.495 e. The smallest absolute Gasteiger partial charge is 0.227 e. The monoisotopic (exact) mass is 271 g/mol. The molecule has 1 aromatic carbocycles. The molecule has 0 aromatic heterocycles. The van der Waals surface area contributed by atoms with Gasteiger partial charge in [-0.2, -0.15) is 12.6 Å². The summed E-state index contributed by atoms with van der Waals surface area (Å²) < 4.78 is 5.15. The Labute approximate surface area is 111 Å². The number of thiol groups is 1. The molecule has 0 bridgehead atoms. The molecule has 1 aliphatic rings. The highest BCUT2D eigenvalue weighted by atomic mass is 35.5. The van der Waals surface area contributed by atoms with Crippen LogP contribution in [-0.4, -0.2) is 25.3 Å². The molecule has 92 valence electrons. The summed E-state index contributed by atoms with van der Waals surface area (Å²) in [4.78, 5) is 13.6. The third-order valence-electron chi connectivity index (χ3n) is 2.92. The van der Waals surface area contributed by atoms with Crippen molar-refractivity contribution in [3.63, 3.8) is 0 Å². The minimum Gasteiger partial charge on any atom is -0.495 e. The van der Waals surface area contributed by atoms with E-state index in [1.54, 1.807) is 18.1 Å². The van der Waals surface area contributed by atoms with Crippen molar-refractivity contribution < 1.29 is 9.53 Å². The van der Waals surface area contributed by atoms with Crippen LogP contribution in [0.4, 0.5) is 5.69 Å². The van der Waals surface area contributed by atoms with Crippen LogP contribution in [0.2, 0.25) is 5.02 Å². The molecule has 1 fully saturated rings. The number of methoxy groups -OCH3 is 1. The minimum absolute atomic E-state index is 0.0965. The molecule has 1 heterocycles. The van der Waals surface area contributed by atoms with Crippen LogP contribution < -0.4 is 9.64 Å². The second kappa shape index (κ2) is 5.19. The molecule has 1 saturated heterocycles. The number of nitrogens with zero attached hydrogens (tertiary/aromatic N) is 1. The highest BCUT2D eigenvalue weighted by molar-refractivity contribution is 7.80. The fraction of sp³-hybridized carbons (Fsp3) is 0.417. The van der Waals surface area contributed by atoms with E-state index in [0.29, 0.717) is 35.4 Å². The molecule has 2 rings (SSSR count). The van der Waals surface area contributed by atoms with Crippen molar-refractivity contribution in [1.29, 1.82) is 0 Å². The Hall–Kier alpha value is -0.870. The van der Waals surface area contributed by atoms with Gasteiger partial charge >= 0.3 is 0 Å². The molecule has 0 aliphatic carbocycles. The average molecular weight is 272 g/mol. The van der Waals surface area contributed by atoms with E-state index in [0.717, 1.165) is 5.69 Å². The van der Waals surface area contributed by atoms with Crippen molar-refractivity contribution in [2.75, 3.05) is 24.3 Å². The van der Waals surface area contributed by atoms with Crippen LogP contribution >= 0.6 is 24.2 Å². The fourth-order valence-electron chi connectivity index (χ4n) is 2.00. The van der Waals surface area contributed by atoms with Crippen LogP contribution in [0.25, 0.3) is 0 Å². The molecule has 0 saturated carbocycles. The standard InChI is InChI=1S/C12H14ClNO2S/c1-16-10-4-2-3-9(12(10)13)14-6-8(7-17)5-11(14)15/h2-4,8,17H,5-7H2,1H3. The third kappa shape index (κ3) is 2.38. The summed E-state index contributed by atoms with van der Waals surface area (Å²) in [7, 11) is 1.56. The molecule has 1 amide bonds. The predicted octanol–water partition coefficient (Wildman–Crippen LogP) is 2.63. The number of anilines is 1. The molecule has 1 aromatic rings. The number of amides is 1. The van der Waals surface area contributed by atoms with Gasteiger partial charge in [0, 0.05) is 13.0 Å². The first-order valence-corrected chi connectivity index (χ1v) is 6.42. The molecule has 1 atom stereocenters. The number of ether oxygens (including phenoxy) is 1. The zero-order valence-electron chi connectivity index (χ0n) is 9.52. The second-order valence-electron chi connectivity index (χ2n) is 4.05. The van der Waals surface area contributed by atoms with Crippen molar-refractivity contribution in [1.82, 2.24) is 0 Å². The Morgan fingerprint density at radius 1 is 1.59 bits per heavy atom. The van der Waals surface area contributed by atoms with E-state index in [2.05, 4.69) is 12.6 Å². The highest BCUT2D eigenvalue weighted by Gasteiger charge is 2.31. The van der Waals surface area contributed by atoms with Crippen molar-refractivity contribution in [2.24, 2.45) is 5.92 Å². The van der Waals surface area contributed by atoms with E-state index in [1.165, 1.54) is 0 Å². The minimum atomic E-state index is 0.0965. The van der Waals surface area contributed by atoms with E-state index < -0.39 is 0 Å². The highest BCUT2D eigenvalue weighted by Crippen LogP contribution is 2.37. The Balaban J connectivity index is 2.32. The lowest BCUT2D eigenvalue weighted by atomic mass is 10.1. The fourth-order valence-corrected chi connectivity index (χ4v) is 2.55. The van der Waals surface area contributed by atoms with Crippen LogP contribution in [0, 0.1) is 5.92 Å². The Bertz CT molecular complexity index is 439. The topological polar surface area (TPSA) is 29.5 Å².